The number of fused-ring (bicyclic) bond motifs is 1. The maximum Gasteiger partial charge on any atom is 0.412 e. The van der Waals surface area contributed by atoms with E-state index in [1.54, 1.807) is 33.1 Å². The largest absolute Gasteiger partial charge is 0.457 e. The lowest BCUT2D eigenvalue weighted by Gasteiger charge is -2.34. The molecule has 2 rings (SSSR count). The molecule has 1 heterocycles. The summed E-state index contributed by atoms with van der Waals surface area (Å²) in [6.45, 7) is 13.5. The monoisotopic (exact) mass is 573 g/mol. The number of cyclic esters (lactones) is 1. The Morgan fingerprint density at radius 2 is 1.82 bits per heavy atom. The number of aliphatic hydroxyl groups is 2. The number of hydrogen-bond donors (Lipinski definition) is 3. The molecule has 0 radical (unpaired) electrons. The second-order valence-electron chi connectivity index (χ2n) is 11.6. The first kappa shape index (κ1) is 33.2. The number of alkyl halides is 3. The van der Waals surface area contributed by atoms with Crippen molar-refractivity contribution < 1.29 is 37.7 Å². The van der Waals surface area contributed by atoms with Gasteiger partial charge < -0.3 is 20.7 Å². The van der Waals surface area contributed by atoms with Crippen molar-refractivity contribution in [1.29, 1.82) is 0 Å². The Hall–Kier alpha value is -2.04. The van der Waals surface area contributed by atoms with Crippen LogP contribution in [0.5, 0.6) is 0 Å². The van der Waals surface area contributed by atoms with Gasteiger partial charge in [0.05, 0.1) is 24.0 Å². The van der Waals surface area contributed by atoms with Crippen LogP contribution in [-0.2, 0) is 14.3 Å². The van der Waals surface area contributed by atoms with E-state index in [1.807, 2.05) is 0 Å². The SMILES string of the molecule is C=C(C)S/C=C(N)/C=C(\C)[C@@H]1C/C=C(/C(F)(F)F)CC2CC2[C@H](C)[C@H](O)[C@@H](C)C(=O)C(C)(C)[C@@H](O)CC(=O)O1. The number of thioether (sulfide) groups is 1. The molecule has 1 aliphatic carbocycles. The van der Waals surface area contributed by atoms with Gasteiger partial charge in [0, 0.05) is 23.6 Å². The van der Waals surface area contributed by atoms with Gasteiger partial charge in [-0.3, -0.25) is 9.59 Å². The fraction of sp³-hybridized carbons (Fsp3) is 0.655. The van der Waals surface area contributed by atoms with Crippen molar-refractivity contribution in [1.82, 2.24) is 0 Å². The zero-order chi connectivity index (χ0) is 29.9. The fourth-order valence-corrected chi connectivity index (χ4v) is 5.52. The van der Waals surface area contributed by atoms with Crippen molar-refractivity contribution in [3.63, 3.8) is 0 Å². The van der Waals surface area contributed by atoms with E-state index < -0.39 is 65.5 Å². The van der Waals surface area contributed by atoms with Crippen LogP contribution in [0.2, 0.25) is 0 Å². The van der Waals surface area contributed by atoms with E-state index >= 15 is 0 Å². The Balaban J connectivity index is 2.49. The highest BCUT2D eigenvalue weighted by Crippen LogP contribution is 2.51. The highest BCUT2D eigenvalue weighted by atomic mass is 32.2. The van der Waals surface area contributed by atoms with Crippen LogP contribution < -0.4 is 5.73 Å². The number of hydrogen-bond acceptors (Lipinski definition) is 7. The first-order valence-electron chi connectivity index (χ1n) is 13.2. The minimum absolute atomic E-state index is 0.159. The molecule has 1 fully saturated rings. The second-order valence-corrected chi connectivity index (χ2v) is 12.7. The molecule has 220 valence electrons. The number of carbonyl (C=O) groups excluding carboxylic acids is 2. The molecule has 6 nitrogen and oxygen atoms in total. The molecule has 0 bridgehead atoms. The molecule has 0 aromatic carbocycles. The first-order valence-corrected chi connectivity index (χ1v) is 14.1. The molecule has 0 spiro atoms. The topological polar surface area (TPSA) is 110 Å². The van der Waals surface area contributed by atoms with Gasteiger partial charge in [-0.15, -0.1) is 11.8 Å². The number of nitrogens with two attached hydrogens (primary N) is 1. The zero-order valence-electron chi connectivity index (χ0n) is 23.5. The van der Waals surface area contributed by atoms with Crippen LogP contribution in [0.4, 0.5) is 13.2 Å². The van der Waals surface area contributed by atoms with Gasteiger partial charge >= 0.3 is 12.1 Å². The number of rotatable bonds is 4. The number of ether oxygens (including phenoxy) is 1. The molecule has 2 unspecified atom stereocenters. The summed E-state index contributed by atoms with van der Waals surface area (Å²) in [5.41, 5.74) is 4.69. The summed E-state index contributed by atoms with van der Waals surface area (Å²) < 4.78 is 47.5. The van der Waals surface area contributed by atoms with Gasteiger partial charge in [0.1, 0.15) is 11.9 Å². The van der Waals surface area contributed by atoms with E-state index in [2.05, 4.69) is 6.58 Å². The average Bonchev–Trinajstić information content (AvgIpc) is 3.60. The molecular formula is C29H42F3NO5S. The molecular weight excluding hydrogens is 531 g/mol. The summed E-state index contributed by atoms with van der Waals surface area (Å²) in [5, 5.41) is 23.4. The van der Waals surface area contributed by atoms with Gasteiger partial charge in [0.15, 0.2) is 0 Å². The predicted molar refractivity (Wildman–Crippen MR) is 147 cm³/mol. The number of aliphatic hydroxyl groups excluding tert-OH is 2. The van der Waals surface area contributed by atoms with Gasteiger partial charge in [-0.25, -0.2) is 0 Å². The van der Waals surface area contributed by atoms with Gasteiger partial charge in [-0.2, -0.15) is 13.2 Å². The van der Waals surface area contributed by atoms with Crippen molar-refractivity contribution in [2.45, 2.75) is 91.7 Å². The third kappa shape index (κ3) is 8.98. The Labute approximate surface area is 233 Å². The fourth-order valence-electron chi connectivity index (χ4n) is 5.12. The normalized spacial score (nSPS) is 34.9. The van der Waals surface area contributed by atoms with Crippen LogP contribution in [0.15, 0.2) is 45.9 Å². The van der Waals surface area contributed by atoms with E-state index in [9.17, 15) is 33.0 Å². The van der Waals surface area contributed by atoms with Gasteiger partial charge in [-0.1, -0.05) is 40.3 Å². The van der Waals surface area contributed by atoms with E-state index in [0.717, 1.165) is 11.0 Å². The summed E-state index contributed by atoms with van der Waals surface area (Å²) in [6, 6.07) is 0. The average molecular weight is 574 g/mol. The van der Waals surface area contributed by atoms with Crippen molar-refractivity contribution in [3.05, 3.63) is 45.9 Å². The molecule has 2 aliphatic rings. The lowest BCUT2D eigenvalue weighted by Crippen LogP contribution is -2.46. The highest BCUT2D eigenvalue weighted by molar-refractivity contribution is 8.05. The minimum atomic E-state index is -4.58. The number of halogens is 3. The number of ketones is 1. The number of carbonyl (C=O) groups is 2. The summed E-state index contributed by atoms with van der Waals surface area (Å²) >= 11 is 1.29. The maximum atomic E-state index is 14.0. The molecule has 0 saturated heterocycles. The third-order valence-electron chi connectivity index (χ3n) is 7.94. The van der Waals surface area contributed by atoms with Crippen molar-refractivity contribution in [2.75, 3.05) is 0 Å². The molecule has 7 atom stereocenters. The summed E-state index contributed by atoms with van der Waals surface area (Å²) in [7, 11) is 0. The molecule has 10 heteroatoms. The highest BCUT2D eigenvalue weighted by Gasteiger charge is 2.49. The lowest BCUT2D eigenvalue weighted by atomic mass is 9.72. The minimum Gasteiger partial charge on any atom is -0.457 e. The van der Waals surface area contributed by atoms with Gasteiger partial charge in [0.25, 0.3) is 0 Å². The zero-order valence-corrected chi connectivity index (χ0v) is 24.4. The van der Waals surface area contributed by atoms with Crippen molar-refractivity contribution >= 4 is 23.5 Å². The number of esters is 1. The molecule has 4 N–H and O–H groups in total. The Morgan fingerprint density at radius 3 is 2.38 bits per heavy atom. The maximum absolute atomic E-state index is 14.0. The molecule has 1 aliphatic heterocycles. The third-order valence-corrected chi connectivity index (χ3v) is 8.73. The molecule has 0 amide bonds. The lowest BCUT2D eigenvalue weighted by molar-refractivity contribution is -0.154. The van der Waals surface area contributed by atoms with E-state index in [-0.39, 0.29) is 24.7 Å². The standard InChI is InChI=1S/C29H42F3NO5S/c1-15(2)39-14-21(33)10-16(3)23-9-8-20(29(30,31)32)11-19-12-22(19)17(4)26(36)18(5)27(37)28(6,7)24(34)13-25(35)38-23/h8,10,14,17-19,22-24,26,34,36H,1,9,11-13,33H2,2-7H3/b16-10+,20-8+,21-14-/t17-,18+,19?,22?,23-,24-,26-/m0/s1. The summed E-state index contributed by atoms with van der Waals surface area (Å²) in [6.07, 6.45) is -6.06. The predicted octanol–water partition coefficient (Wildman–Crippen LogP) is 5.81. The Morgan fingerprint density at radius 1 is 1.21 bits per heavy atom. The molecule has 39 heavy (non-hydrogen) atoms. The van der Waals surface area contributed by atoms with Gasteiger partial charge in [-0.05, 0) is 66.4 Å². The Bertz CT molecular complexity index is 1030. The number of allylic oxidation sites excluding steroid dienone is 3. The van der Waals surface area contributed by atoms with Crippen LogP contribution in [-0.4, -0.2) is 46.5 Å². The Kier molecular flexibility index (Phi) is 11.1. The molecule has 0 aromatic rings. The quantitative estimate of drug-likeness (QED) is 0.221. The number of Topliss-reactive ketones (excluding diaryl/α,β-unsaturated/α-hetero) is 1. The summed E-state index contributed by atoms with van der Waals surface area (Å²) in [4.78, 5) is 26.9. The smallest absolute Gasteiger partial charge is 0.412 e. The van der Waals surface area contributed by atoms with E-state index in [4.69, 9.17) is 10.5 Å². The summed E-state index contributed by atoms with van der Waals surface area (Å²) in [5.74, 6) is -3.02. The first-order chi connectivity index (χ1) is 17.9. The van der Waals surface area contributed by atoms with Crippen molar-refractivity contribution in [3.8, 4) is 0 Å². The van der Waals surface area contributed by atoms with E-state index in [0.29, 0.717) is 17.7 Å². The van der Waals surface area contributed by atoms with Crippen LogP contribution in [0.1, 0.15) is 67.2 Å². The van der Waals surface area contributed by atoms with Gasteiger partial charge in [0.2, 0.25) is 0 Å². The van der Waals surface area contributed by atoms with Crippen LogP contribution in [0.3, 0.4) is 0 Å². The van der Waals surface area contributed by atoms with Crippen LogP contribution >= 0.6 is 11.8 Å². The molecule has 1 saturated carbocycles. The van der Waals surface area contributed by atoms with Crippen LogP contribution in [0, 0.1) is 29.1 Å². The van der Waals surface area contributed by atoms with E-state index in [1.165, 1.54) is 31.7 Å². The molecule has 0 aromatic heterocycles. The second kappa shape index (κ2) is 13.1. The van der Waals surface area contributed by atoms with Crippen molar-refractivity contribution in [2.24, 2.45) is 34.8 Å². The van der Waals surface area contributed by atoms with Crippen LogP contribution in [0.25, 0.3) is 0 Å².